The number of carbonyl (C=O) groups is 4. The third kappa shape index (κ3) is 28.4. The van der Waals surface area contributed by atoms with Crippen molar-refractivity contribution in [3.63, 3.8) is 0 Å². The zero-order valence-electron chi connectivity index (χ0n) is 59.8. The summed E-state index contributed by atoms with van der Waals surface area (Å²) in [7, 11) is -2.67. The number of benzene rings is 12. The van der Waals surface area contributed by atoms with Crippen molar-refractivity contribution in [3.8, 4) is 33.4 Å². The fraction of sp³-hybridized carbons (Fsp3) is 0.0843. The second kappa shape index (κ2) is 44.0. The number of nitro groups is 2. The van der Waals surface area contributed by atoms with Crippen molar-refractivity contribution >= 4 is 140 Å². The first-order chi connectivity index (χ1) is 56.5. The van der Waals surface area contributed by atoms with E-state index in [0.29, 0.717) is 48.5 Å². The monoisotopic (exact) mass is 1890 g/mol. The number of nitrogens with zero attached hydrogens (tertiary/aromatic N) is 2. The molecule has 0 aliphatic carbocycles. The zero-order chi connectivity index (χ0) is 89.6. The van der Waals surface area contributed by atoms with Gasteiger partial charge in [-0.3, -0.25) is 39.3 Å². The first-order valence-corrected chi connectivity index (χ1v) is 38.3. The van der Waals surface area contributed by atoms with E-state index in [4.69, 9.17) is 67.9 Å². The fourth-order valence-electron chi connectivity index (χ4n) is 10.5. The highest BCUT2D eigenvalue weighted by molar-refractivity contribution is 8.13. The van der Waals surface area contributed by atoms with Crippen molar-refractivity contribution in [2.45, 2.75) is 58.0 Å². The number of aromatic carboxylic acids is 1. The van der Waals surface area contributed by atoms with Crippen molar-refractivity contribution in [2.75, 3.05) is 26.4 Å². The van der Waals surface area contributed by atoms with Gasteiger partial charge in [-0.15, -0.1) is 0 Å². The maximum absolute atomic E-state index is 14.5. The molecule has 0 atom stereocenters. The molecule has 0 unspecified atom stereocenters. The largest absolute Gasteiger partial charge is 0.477 e. The average Bonchev–Trinajstić information content (AvgIpc) is 0.791. The lowest BCUT2D eigenvalue weighted by Crippen LogP contribution is -2.19. The number of sulfonamides is 1. The number of halogens is 20. The lowest BCUT2D eigenvalue weighted by molar-refractivity contribution is -0.385. The standard InChI is InChI=1S/C26H16ClF5N2O3S.C20H10ClF5N2O3.C20H12ClF5N2O.C7H4ClNO4.C6H5ClO2S.4CH4/c27-16-7-10-21(24(13-16)34-38(36,37)18-4-2-1-3-5-18)25(35)33-23-12-15(26(30,31)32)6-9-20(23)19-11-8-17(28)14-22(19)29;21-11-2-5-15(18(8-11)28(30)31)19(29)27-17-7-10(20(24,25)26)1-4-14(17)13-6-3-12(22)9-16(13)23;21-11-2-5-15(17(27)8-11)19(29)28-18-7-10(20(24,25)26)1-4-14(18)13-6-3-12(22)9-16(13)23;8-4-1-2-5(7(10)11)6(3-4)9(12)13;7-10(8,9)6-4-2-1-3-5-6;;;;/h1-14,34H,(H,33,35);1-9H,(H,27,29);1-9H,27H2,(H,28,29);1-3H,(H,10,11);1-5H;4*1H4. The van der Waals surface area contributed by atoms with E-state index in [1.165, 1.54) is 78.9 Å². The predicted octanol–water partition coefficient (Wildman–Crippen LogP) is 26.1. The van der Waals surface area contributed by atoms with Crippen molar-refractivity contribution in [1.29, 1.82) is 0 Å². The number of hydrogen-bond donors (Lipinski definition) is 6. The molecule has 12 aromatic carbocycles. The number of amides is 3. The summed E-state index contributed by atoms with van der Waals surface area (Å²) >= 11 is 22.9. The first-order valence-electron chi connectivity index (χ1n) is 33.0. The van der Waals surface area contributed by atoms with E-state index in [2.05, 4.69) is 20.7 Å². The lowest BCUT2D eigenvalue weighted by Gasteiger charge is -2.17. The summed E-state index contributed by atoms with van der Waals surface area (Å²) < 4.78 is 251. The molecule has 0 fully saturated rings. The van der Waals surface area contributed by atoms with Gasteiger partial charge in [0, 0.05) is 117 Å². The molecule has 0 bridgehead atoms. The Morgan fingerprint density at radius 1 is 0.360 bits per heavy atom. The quantitative estimate of drug-likeness (QED) is 0.0172. The second-order valence-corrected chi connectivity index (χ2v) is 30.2. The molecule has 12 aromatic rings. The Labute approximate surface area is 726 Å². The Hall–Kier alpha value is -12.8. The normalized spacial score (nSPS) is 10.9. The van der Waals surface area contributed by atoms with Crippen LogP contribution in [0.2, 0.25) is 20.1 Å². The highest BCUT2D eigenvalue weighted by Crippen LogP contribution is 2.42. The van der Waals surface area contributed by atoms with Crippen LogP contribution in [0.3, 0.4) is 0 Å². The van der Waals surface area contributed by atoms with Gasteiger partial charge >= 0.3 is 24.5 Å². The summed E-state index contributed by atoms with van der Waals surface area (Å²) in [4.78, 5) is 68.9. The molecule has 0 radical (unpaired) electrons. The molecular formula is C83H63Cl5F15N7O13S2. The molecule has 0 saturated heterocycles. The summed E-state index contributed by atoms with van der Waals surface area (Å²) in [5, 5.41) is 37.3. The van der Waals surface area contributed by atoms with Gasteiger partial charge in [-0.2, -0.15) is 39.5 Å². The minimum atomic E-state index is -4.80. The van der Waals surface area contributed by atoms with E-state index in [9.17, 15) is 122 Å². The van der Waals surface area contributed by atoms with Gasteiger partial charge < -0.3 is 26.8 Å². The molecule has 0 spiro atoms. The molecule has 0 saturated carbocycles. The predicted molar refractivity (Wildman–Crippen MR) is 448 cm³/mol. The van der Waals surface area contributed by atoms with Crippen LogP contribution in [0.15, 0.2) is 252 Å². The summed E-state index contributed by atoms with van der Waals surface area (Å²) in [5.74, 6) is -10.1. The summed E-state index contributed by atoms with van der Waals surface area (Å²) in [6.45, 7) is 0. The number of nitrogens with two attached hydrogens (primary N) is 1. The summed E-state index contributed by atoms with van der Waals surface area (Å²) in [6.07, 6.45) is -14.3. The number of carboxylic acids is 1. The van der Waals surface area contributed by atoms with E-state index in [1.54, 1.807) is 24.3 Å². The van der Waals surface area contributed by atoms with E-state index in [-0.39, 0.29) is 127 Å². The SMILES string of the molecule is C.C.C.C.Nc1cc(Cl)ccc1C(=O)Nc1cc(C(F)(F)F)ccc1-c1ccc(F)cc1F.O=C(Nc1cc(C(F)(F)F)ccc1-c1ccc(F)cc1F)c1ccc(Cl)cc1NS(=O)(=O)c1ccccc1.O=C(Nc1cc(C(F)(F)F)ccc1-c1ccc(F)cc1F)c1ccc(Cl)cc1[N+](=O)[O-].O=C(O)c1ccc(Cl)cc1[N+](=O)[O-].O=S(=O)(Cl)c1ccccc1. The van der Waals surface area contributed by atoms with E-state index in [1.807, 2.05) is 0 Å². The third-order valence-electron chi connectivity index (χ3n) is 16.0. The fourth-order valence-corrected chi connectivity index (χ4v) is 13.0. The Balaban J connectivity index is 0.000000345. The third-order valence-corrected chi connectivity index (χ3v) is 19.7. The smallest absolute Gasteiger partial charge is 0.416 e. The molecule has 0 aliphatic heterocycles. The van der Waals surface area contributed by atoms with Crippen LogP contribution >= 0.6 is 57.1 Å². The molecule has 42 heteroatoms. The molecular weight excluding hydrogens is 1830 g/mol. The number of rotatable bonds is 16. The molecule has 0 aromatic heterocycles. The minimum Gasteiger partial charge on any atom is -0.477 e. The van der Waals surface area contributed by atoms with Gasteiger partial charge in [0.2, 0.25) is 0 Å². The molecule has 20 nitrogen and oxygen atoms in total. The van der Waals surface area contributed by atoms with Crippen LogP contribution in [0.5, 0.6) is 0 Å². The molecule has 12 rings (SSSR count). The number of hydrogen-bond acceptors (Lipinski definition) is 13. The molecule has 0 aliphatic rings. The van der Waals surface area contributed by atoms with Crippen molar-refractivity contribution in [1.82, 2.24) is 0 Å². The Morgan fingerprint density at radius 2 is 0.656 bits per heavy atom. The van der Waals surface area contributed by atoms with Crippen LogP contribution in [0, 0.1) is 55.1 Å². The van der Waals surface area contributed by atoms with E-state index in [0.717, 1.165) is 91.0 Å². The van der Waals surface area contributed by atoms with Crippen LogP contribution in [-0.2, 0) is 37.6 Å². The van der Waals surface area contributed by atoms with E-state index < -0.39 is 151 Å². The van der Waals surface area contributed by atoms with Gasteiger partial charge in [0.05, 0.1) is 53.1 Å². The van der Waals surface area contributed by atoms with Crippen LogP contribution in [0.1, 0.15) is 87.8 Å². The zero-order valence-corrected chi connectivity index (χ0v) is 65.2. The molecule has 7 N–H and O–H groups in total. The van der Waals surface area contributed by atoms with Gasteiger partial charge in [-0.25, -0.2) is 48.0 Å². The number of anilines is 5. The second-order valence-electron chi connectivity index (χ2n) is 24.2. The Bertz CT molecular complexity index is 6230. The van der Waals surface area contributed by atoms with Crippen LogP contribution < -0.4 is 26.4 Å². The molecule has 125 heavy (non-hydrogen) atoms. The van der Waals surface area contributed by atoms with Gasteiger partial charge in [-0.05, 0) is 158 Å². The molecule has 660 valence electrons. The minimum absolute atomic E-state index is 0. The van der Waals surface area contributed by atoms with Crippen molar-refractivity contribution in [3.05, 3.63) is 357 Å². The number of nitrogen functional groups attached to an aromatic ring is 1. The maximum atomic E-state index is 14.5. The number of carbonyl (C=O) groups excluding carboxylic acids is 3. The molecule has 0 heterocycles. The summed E-state index contributed by atoms with van der Waals surface area (Å²) in [6, 6.07) is 43.5. The average molecular weight is 1890 g/mol. The van der Waals surface area contributed by atoms with Gasteiger partial charge in [0.1, 0.15) is 46.0 Å². The van der Waals surface area contributed by atoms with Crippen molar-refractivity contribution < 1.29 is 117 Å². The Kier molecular flexibility index (Phi) is 36.8. The summed E-state index contributed by atoms with van der Waals surface area (Å²) in [5.41, 5.74) is -2.54. The topological polar surface area (TPSA) is 317 Å². The number of nitro benzene ring substituents is 2. The lowest BCUT2D eigenvalue weighted by atomic mass is 10.00. The molecule has 3 amide bonds. The highest BCUT2D eigenvalue weighted by atomic mass is 35.7. The van der Waals surface area contributed by atoms with Gasteiger partial charge in [-0.1, -0.05) is 131 Å². The van der Waals surface area contributed by atoms with Crippen molar-refractivity contribution in [2.24, 2.45) is 0 Å². The van der Waals surface area contributed by atoms with Gasteiger partial charge in [0.25, 0.3) is 48.2 Å². The van der Waals surface area contributed by atoms with E-state index >= 15 is 0 Å². The Morgan fingerprint density at radius 3 is 0.976 bits per heavy atom. The van der Waals surface area contributed by atoms with Crippen LogP contribution in [-0.4, -0.2) is 55.5 Å². The number of carboxylic acid groups (broad SMARTS) is 1. The van der Waals surface area contributed by atoms with Crippen LogP contribution in [0.25, 0.3) is 33.4 Å². The van der Waals surface area contributed by atoms with Crippen LogP contribution in [0.4, 0.5) is 106 Å². The van der Waals surface area contributed by atoms with Gasteiger partial charge in [0.15, 0.2) is 0 Å². The number of alkyl halides is 9. The first kappa shape index (κ1) is 105. The maximum Gasteiger partial charge on any atom is 0.416 e. The highest BCUT2D eigenvalue weighted by Gasteiger charge is 2.36. The number of nitrogens with one attached hydrogen (secondary N) is 4.